The van der Waals surface area contributed by atoms with E-state index in [1.54, 1.807) is 0 Å². The number of nitrogens with zero attached hydrogens (tertiary/aromatic N) is 1. The van der Waals surface area contributed by atoms with E-state index in [0.717, 1.165) is 29.2 Å². The summed E-state index contributed by atoms with van der Waals surface area (Å²) in [6.07, 6.45) is 1.03. The van der Waals surface area contributed by atoms with Crippen molar-refractivity contribution >= 4 is 17.3 Å². The zero-order valence-corrected chi connectivity index (χ0v) is 14.3. The van der Waals surface area contributed by atoms with Crippen LogP contribution in [0, 0.1) is 0 Å². The van der Waals surface area contributed by atoms with Crippen molar-refractivity contribution in [1.29, 1.82) is 0 Å². The van der Waals surface area contributed by atoms with Gasteiger partial charge in [-0.1, -0.05) is 18.2 Å². The third kappa shape index (κ3) is 5.93. The largest absolute Gasteiger partial charge is 0.492 e. The minimum absolute atomic E-state index is 0.0282. The van der Waals surface area contributed by atoms with Crippen molar-refractivity contribution < 1.29 is 9.53 Å². The number of rotatable bonds is 8. The van der Waals surface area contributed by atoms with Gasteiger partial charge in [-0.3, -0.25) is 4.79 Å². The van der Waals surface area contributed by atoms with Crippen LogP contribution in [0.25, 0.3) is 0 Å². The Morgan fingerprint density at radius 3 is 2.50 bits per heavy atom. The van der Waals surface area contributed by atoms with Crippen molar-refractivity contribution in [3.63, 3.8) is 0 Å². The fourth-order valence-corrected chi connectivity index (χ4v) is 2.21. The van der Waals surface area contributed by atoms with Crippen LogP contribution in [0.5, 0.6) is 5.75 Å². The van der Waals surface area contributed by atoms with E-state index in [0.29, 0.717) is 19.4 Å². The molecule has 0 atom stereocenters. The van der Waals surface area contributed by atoms with E-state index in [1.165, 1.54) is 0 Å². The quantitative estimate of drug-likeness (QED) is 0.732. The molecule has 0 heterocycles. The number of nitrogens with one attached hydrogen (secondary N) is 1. The average molecular weight is 327 g/mol. The van der Waals surface area contributed by atoms with Crippen molar-refractivity contribution in [1.82, 2.24) is 4.90 Å². The van der Waals surface area contributed by atoms with Gasteiger partial charge >= 0.3 is 0 Å². The Kier molecular flexibility index (Phi) is 6.63. The first-order chi connectivity index (χ1) is 11.5. The van der Waals surface area contributed by atoms with E-state index in [1.807, 2.05) is 62.6 Å². The lowest BCUT2D eigenvalue weighted by Crippen LogP contribution is -2.19. The fourth-order valence-electron chi connectivity index (χ4n) is 2.21. The van der Waals surface area contributed by atoms with Crippen LogP contribution < -0.4 is 15.8 Å². The first kappa shape index (κ1) is 17.8. The van der Waals surface area contributed by atoms with E-state index >= 15 is 0 Å². The Bertz CT molecular complexity index is 654. The van der Waals surface area contributed by atoms with Gasteiger partial charge in [-0.2, -0.15) is 0 Å². The molecule has 5 heteroatoms. The molecule has 0 saturated heterocycles. The molecule has 128 valence electrons. The second-order valence-corrected chi connectivity index (χ2v) is 5.92. The molecule has 3 N–H and O–H groups in total. The second-order valence-electron chi connectivity index (χ2n) is 5.92. The molecule has 0 aliphatic heterocycles. The summed E-state index contributed by atoms with van der Waals surface area (Å²) in [6, 6.07) is 15.0. The molecular weight excluding hydrogens is 302 g/mol. The summed E-state index contributed by atoms with van der Waals surface area (Å²) >= 11 is 0. The molecule has 2 aromatic carbocycles. The molecule has 5 nitrogen and oxygen atoms in total. The summed E-state index contributed by atoms with van der Waals surface area (Å²) in [5.74, 6) is 0.770. The molecule has 0 spiro atoms. The monoisotopic (exact) mass is 327 g/mol. The lowest BCUT2D eigenvalue weighted by atomic mass is 10.1. The van der Waals surface area contributed by atoms with Gasteiger partial charge in [-0.05, 0) is 56.4 Å². The number of nitrogens with two attached hydrogens (primary N) is 1. The number of amides is 1. The van der Waals surface area contributed by atoms with Crippen molar-refractivity contribution in [3.05, 3.63) is 54.1 Å². The number of carbonyl (C=O) groups is 1. The van der Waals surface area contributed by atoms with E-state index in [9.17, 15) is 4.79 Å². The van der Waals surface area contributed by atoms with Gasteiger partial charge in [0.05, 0.1) is 0 Å². The molecule has 0 aromatic heterocycles. The summed E-state index contributed by atoms with van der Waals surface area (Å²) in [7, 11) is 4.01. The molecule has 24 heavy (non-hydrogen) atoms. The molecule has 0 bridgehead atoms. The van der Waals surface area contributed by atoms with Crippen LogP contribution in [0.3, 0.4) is 0 Å². The number of benzene rings is 2. The maximum absolute atomic E-state index is 12.0. The predicted octanol–water partition coefficient (Wildman–Crippen LogP) is 2.78. The van der Waals surface area contributed by atoms with Gasteiger partial charge in [0.15, 0.2) is 0 Å². The third-order valence-electron chi connectivity index (χ3n) is 3.62. The van der Waals surface area contributed by atoms with Gasteiger partial charge in [-0.25, -0.2) is 0 Å². The van der Waals surface area contributed by atoms with Crippen LogP contribution in [-0.2, 0) is 11.2 Å². The zero-order chi connectivity index (χ0) is 17.4. The second kappa shape index (κ2) is 8.93. The Balaban J connectivity index is 1.78. The number of aryl methyl sites for hydroxylation is 1. The van der Waals surface area contributed by atoms with Gasteiger partial charge in [0.2, 0.25) is 5.91 Å². The van der Waals surface area contributed by atoms with Crippen LogP contribution >= 0.6 is 0 Å². The van der Waals surface area contributed by atoms with Crippen molar-refractivity contribution in [2.24, 2.45) is 0 Å². The van der Waals surface area contributed by atoms with Crippen LogP contribution in [0.4, 0.5) is 11.4 Å². The van der Waals surface area contributed by atoms with Crippen LogP contribution in [0.15, 0.2) is 48.5 Å². The van der Waals surface area contributed by atoms with E-state index in [-0.39, 0.29) is 5.91 Å². The Labute approximate surface area is 143 Å². The van der Waals surface area contributed by atoms with Crippen molar-refractivity contribution in [2.75, 3.05) is 38.3 Å². The number of para-hydroxylation sites is 1. The van der Waals surface area contributed by atoms with E-state index < -0.39 is 0 Å². The lowest BCUT2D eigenvalue weighted by molar-refractivity contribution is -0.116. The number of likely N-dealkylation sites (N-methyl/N-ethyl adjacent to an activating group) is 1. The summed E-state index contributed by atoms with van der Waals surface area (Å²) in [5, 5.41) is 2.89. The van der Waals surface area contributed by atoms with Crippen molar-refractivity contribution in [3.8, 4) is 5.75 Å². The normalized spacial score (nSPS) is 10.6. The van der Waals surface area contributed by atoms with Gasteiger partial charge < -0.3 is 20.7 Å². The number of carbonyl (C=O) groups excluding carboxylic acids is 1. The number of ether oxygens (including phenoxy) is 1. The maximum atomic E-state index is 12.0. The summed E-state index contributed by atoms with van der Waals surface area (Å²) in [6.45, 7) is 1.50. The number of anilines is 2. The highest BCUT2D eigenvalue weighted by atomic mass is 16.5. The fraction of sp³-hybridized carbons (Fsp3) is 0.316. The molecule has 0 aliphatic carbocycles. The first-order valence-electron chi connectivity index (χ1n) is 8.05. The SMILES string of the molecule is CN(C)CCOc1ccc(NC(=O)CCc2ccccc2N)cc1. The topological polar surface area (TPSA) is 67.6 Å². The summed E-state index contributed by atoms with van der Waals surface area (Å²) in [5.41, 5.74) is 8.37. The van der Waals surface area contributed by atoms with Gasteiger partial charge in [0.1, 0.15) is 12.4 Å². The average Bonchev–Trinajstić information content (AvgIpc) is 2.55. The van der Waals surface area contributed by atoms with Crippen LogP contribution in [0.2, 0.25) is 0 Å². The Hall–Kier alpha value is -2.53. The predicted molar refractivity (Wildman–Crippen MR) is 98.3 cm³/mol. The standard InChI is InChI=1S/C19H25N3O2/c1-22(2)13-14-24-17-10-8-16(9-11-17)21-19(23)12-7-15-5-3-4-6-18(15)20/h3-6,8-11H,7,12-14,20H2,1-2H3,(H,21,23). The lowest BCUT2D eigenvalue weighted by Gasteiger charge is -2.11. The molecule has 1 amide bonds. The highest BCUT2D eigenvalue weighted by Crippen LogP contribution is 2.17. The zero-order valence-electron chi connectivity index (χ0n) is 14.3. The molecule has 0 fully saturated rings. The molecule has 0 unspecified atom stereocenters. The maximum Gasteiger partial charge on any atom is 0.224 e. The molecular formula is C19H25N3O2. The number of hydrogen-bond donors (Lipinski definition) is 2. The van der Waals surface area contributed by atoms with Crippen LogP contribution in [0.1, 0.15) is 12.0 Å². The molecule has 0 radical (unpaired) electrons. The first-order valence-corrected chi connectivity index (χ1v) is 8.05. The highest BCUT2D eigenvalue weighted by molar-refractivity contribution is 5.90. The molecule has 0 aliphatic rings. The summed E-state index contributed by atoms with van der Waals surface area (Å²) < 4.78 is 5.63. The van der Waals surface area contributed by atoms with Gasteiger partial charge in [0.25, 0.3) is 0 Å². The number of hydrogen-bond acceptors (Lipinski definition) is 4. The minimum atomic E-state index is -0.0282. The van der Waals surface area contributed by atoms with E-state index in [4.69, 9.17) is 10.5 Å². The molecule has 2 aromatic rings. The molecule has 0 saturated carbocycles. The smallest absolute Gasteiger partial charge is 0.224 e. The Morgan fingerprint density at radius 1 is 1.12 bits per heavy atom. The number of nitrogen functional groups attached to an aromatic ring is 1. The van der Waals surface area contributed by atoms with Crippen molar-refractivity contribution in [2.45, 2.75) is 12.8 Å². The Morgan fingerprint density at radius 2 is 1.83 bits per heavy atom. The minimum Gasteiger partial charge on any atom is -0.492 e. The molecule has 2 rings (SSSR count). The summed E-state index contributed by atoms with van der Waals surface area (Å²) in [4.78, 5) is 14.1. The van der Waals surface area contributed by atoms with Crippen LogP contribution in [-0.4, -0.2) is 38.1 Å². The van der Waals surface area contributed by atoms with Gasteiger partial charge in [0, 0.05) is 24.3 Å². The van der Waals surface area contributed by atoms with Gasteiger partial charge in [-0.15, -0.1) is 0 Å². The third-order valence-corrected chi connectivity index (χ3v) is 3.62. The van der Waals surface area contributed by atoms with E-state index in [2.05, 4.69) is 10.2 Å². The highest BCUT2D eigenvalue weighted by Gasteiger charge is 2.05.